The molecule has 80 valence electrons. The first-order valence-electron chi connectivity index (χ1n) is 5.24. The minimum atomic E-state index is -1.69. The average Bonchev–Trinajstić information content (AvgIpc) is 2.92. The third-order valence-electron chi connectivity index (χ3n) is 2.84. The van der Waals surface area contributed by atoms with E-state index in [0.29, 0.717) is 0 Å². The van der Waals surface area contributed by atoms with Crippen LogP contribution in [0.5, 0.6) is 0 Å². The Hall–Kier alpha value is -1.36. The number of aromatic nitrogens is 4. The van der Waals surface area contributed by atoms with Gasteiger partial charge in [-0.1, -0.05) is 13.3 Å². The highest BCUT2D eigenvalue weighted by Gasteiger charge is 2.31. The van der Waals surface area contributed by atoms with Crippen LogP contribution in [0.1, 0.15) is 13.3 Å². The Morgan fingerprint density at radius 3 is 1.93 bits per heavy atom. The van der Waals surface area contributed by atoms with Crippen LogP contribution in [0.25, 0.3) is 0 Å². The lowest BCUT2D eigenvalue weighted by molar-refractivity contribution is 0.908. The largest absolute Gasteiger partial charge is 0.346 e. The van der Waals surface area contributed by atoms with Crippen LogP contribution >= 0.6 is 0 Å². The van der Waals surface area contributed by atoms with Gasteiger partial charge in [-0.25, -0.2) is 9.97 Å². The van der Waals surface area contributed by atoms with Crippen LogP contribution in [0, 0.1) is 0 Å². The Bertz CT molecular complexity index is 359. The molecule has 0 fully saturated rings. The van der Waals surface area contributed by atoms with Crippen LogP contribution in [0.15, 0.2) is 37.4 Å². The molecule has 0 aliphatic rings. The molecule has 4 nitrogen and oxygen atoms in total. The Balaban J connectivity index is 2.41. The van der Waals surface area contributed by atoms with Crippen molar-refractivity contribution in [3.8, 4) is 0 Å². The summed E-state index contributed by atoms with van der Waals surface area (Å²) >= 11 is 0. The second kappa shape index (κ2) is 4.02. The van der Waals surface area contributed by atoms with Crippen molar-refractivity contribution in [3.05, 3.63) is 37.4 Å². The third kappa shape index (κ3) is 1.74. The lowest BCUT2D eigenvalue weighted by Crippen LogP contribution is -2.46. The Morgan fingerprint density at radius 1 is 1.07 bits per heavy atom. The van der Waals surface area contributed by atoms with E-state index < -0.39 is 8.40 Å². The van der Waals surface area contributed by atoms with Gasteiger partial charge in [-0.15, -0.1) is 0 Å². The standard InChI is InChI=1S/C10H16N4Si/c1-3-8-15(2,13-6-4-11-9-13)14-7-5-12-10-14/h4-7,9-10H,3,8H2,1-2H3. The smallest absolute Gasteiger partial charge is 0.270 e. The molecule has 0 radical (unpaired) electrons. The Kier molecular flexibility index (Phi) is 2.72. The van der Waals surface area contributed by atoms with Crippen LogP contribution in [-0.2, 0) is 0 Å². The van der Waals surface area contributed by atoms with Gasteiger partial charge in [-0.2, -0.15) is 0 Å². The highest BCUT2D eigenvalue weighted by Crippen LogP contribution is 2.17. The summed E-state index contributed by atoms with van der Waals surface area (Å²) in [5.74, 6) is 0. The molecule has 0 unspecified atom stereocenters. The second-order valence-electron chi connectivity index (χ2n) is 3.91. The molecule has 0 aliphatic heterocycles. The molecule has 0 N–H and O–H groups in total. The number of imidazole rings is 2. The van der Waals surface area contributed by atoms with E-state index >= 15 is 0 Å². The molecule has 0 spiro atoms. The van der Waals surface area contributed by atoms with Gasteiger partial charge in [0.15, 0.2) is 0 Å². The van der Waals surface area contributed by atoms with E-state index in [-0.39, 0.29) is 0 Å². The van der Waals surface area contributed by atoms with E-state index in [9.17, 15) is 0 Å². The summed E-state index contributed by atoms with van der Waals surface area (Å²) in [5, 5.41) is 0. The lowest BCUT2D eigenvalue weighted by atomic mass is 10.6. The van der Waals surface area contributed by atoms with Crippen molar-refractivity contribution in [2.24, 2.45) is 0 Å². The minimum absolute atomic E-state index is 1.18. The van der Waals surface area contributed by atoms with Crippen molar-refractivity contribution in [1.82, 2.24) is 18.4 Å². The topological polar surface area (TPSA) is 35.6 Å². The van der Waals surface area contributed by atoms with Crippen LogP contribution < -0.4 is 0 Å². The number of nitrogens with zero attached hydrogens (tertiary/aromatic N) is 4. The fourth-order valence-electron chi connectivity index (χ4n) is 1.95. The molecule has 2 heterocycles. The Morgan fingerprint density at radius 2 is 1.60 bits per heavy atom. The summed E-state index contributed by atoms with van der Waals surface area (Å²) in [6.07, 6.45) is 12.8. The van der Waals surface area contributed by atoms with E-state index in [2.05, 4.69) is 44.3 Å². The van der Waals surface area contributed by atoms with Gasteiger partial charge in [0.25, 0.3) is 8.40 Å². The molecule has 2 rings (SSSR count). The molecule has 0 amide bonds. The summed E-state index contributed by atoms with van der Waals surface area (Å²) in [6, 6.07) is 1.19. The maximum Gasteiger partial charge on any atom is 0.270 e. The summed E-state index contributed by atoms with van der Waals surface area (Å²) in [7, 11) is -1.69. The van der Waals surface area contributed by atoms with Gasteiger partial charge in [0.2, 0.25) is 0 Å². The van der Waals surface area contributed by atoms with E-state index in [1.807, 2.05) is 25.0 Å². The van der Waals surface area contributed by atoms with Crippen molar-refractivity contribution in [2.75, 3.05) is 0 Å². The summed E-state index contributed by atoms with van der Waals surface area (Å²) in [6.45, 7) is 4.55. The van der Waals surface area contributed by atoms with E-state index in [4.69, 9.17) is 0 Å². The zero-order chi connectivity index (χ0) is 10.7. The average molecular weight is 220 g/mol. The summed E-state index contributed by atoms with van der Waals surface area (Å²) in [5.41, 5.74) is 0. The molecule has 0 saturated heterocycles. The van der Waals surface area contributed by atoms with Crippen molar-refractivity contribution in [2.45, 2.75) is 25.9 Å². The fourth-order valence-corrected chi connectivity index (χ4v) is 5.09. The molecule has 0 bridgehead atoms. The molecule has 5 heteroatoms. The quantitative estimate of drug-likeness (QED) is 0.738. The minimum Gasteiger partial charge on any atom is -0.346 e. The SMILES string of the molecule is CCC[Si](C)(n1ccnc1)n1ccnc1. The molecule has 2 aromatic rings. The predicted molar refractivity (Wildman–Crippen MR) is 62.0 cm³/mol. The number of hydrogen-bond acceptors (Lipinski definition) is 2. The molecule has 0 aliphatic carbocycles. The number of hydrogen-bond donors (Lipinski definition) is 0. The first-order valence-corrected chi connectivity index (χ1v) is 7.84. The fraction of sp³-hybridized carbons (Fsp3) is 0.400. The van der Waals surface area contributed by atoms with E-state index in [0.717, 1.165) is 0 Å². The number of rotatable bonds is 4. The van der Waals surface area contributed by atoms with Crippen LogP contribution in [0.2, 0.25) is 12.6 Å². The molecule has 0 aromatic carbocycles. The van der Waals surface area contributed by atoms with Gasteiger partial charge in [0, 0.05) is 24.8 Å². The molecule has 0 atom stereocenters. The summed E-state index contributed by atoms with van der Waals surface area (Å²) in [4.78, 5) is 8.29. The van der Waals surface area contributed by atoms with Gasteiger partial charge in [0.1, 0.15) is 0 Å². The molecule has 15 heavy (non-hydrogen) atoms. The monoisotopic (exact) mass is 220 g/mol. The molecule has 2 aromatic heterocycles. The summed E-state index contributed by atoms with van der Waals surface area (Å²) < 4.78 is 4.52. The van der Waals surface area contributed by atoms with Crippen LogP contribution in [0.3, 0.4) is 0 Å². The second-order valence-corrected chi connectivity index (χ2v) is 7.87. The van der Waals surface area contributed by atoms with Crippen molar-refractivity contribution < 1.29 is 0 Å². The highest BCUT2D eigenvalue weighted by molar-refractivity contribution is 6.75. The van der Waals surface area contributed by atoms with Crippen molar-refractivity contribution in [3.63, 3.8) is 0 Å². The van der Waals surface area contributed by atoms with E-state index in [1.54, 1.807) is 0 Å². The van der Waals surface area contributed by atoms with Crippen molar-refractivity contribution in [1.29, 1.82) is 0 Å². The van der Waals surface area contributed by atoms with Gasteiger partial charge >= 0.3 is 0 Å². The maximum atomic E-state index is 4.14. The molecular weight excluding hydrogens is 204 g/mol. The zero-order valence-electron chi connectivity index (χ0n) is 9.17. The predicted octanol–water partition coefficient (Wildman–Crippen LogP) is 1.96. The van der Waals surface area contributed by atoms with Crippen LogP contribution in [-0.4, -0.2) is 26.8 Å². The molecule has 0 saturated carbocycles. The van der Waals surface area contributed by atoms with Gasteiger partial charge < -0.3 is 8.47 Å². The van der Waals surface area contributed by atoms with Gasteiger partial charge in [-0.3, -0.25) is 0 Å². The van der Waals surface area contributed by atoms with Crippen LogP contribution in [0.4, 0.5) is 0 Å². The Labute approximate surface area is 90.8 Å². The normalized spacial score (nSPS) is 11.9. The third-order valence-corrected chi connectivity index (χ3v) is 7.05. The van der Waals surface area contributed by atoms with Crippen molar-refractivity contribution >= 4 is 8.40 Å². The maximum absolute atomic E-state index is 4.14. The zero-order valence-corrected chi connectivity index (χ0v) is 10.2. The first kappa shape index (κ1) is 10.2. The molecular formula is C10H16N4Si. The lowest BCUT2D eigenvalue weighted by Gasteiger charge is -2.28. The van der Waals surface area contributed by atoms with Gasteiger partial charge in [-0.05, 0) is 12.6 Å². The first-order chi connectivity index (χ1) is 7.27. The van der Waals surface area contributed by atoms with Gasteiger partial charge in [0.05, 0.1) is 12.7 Å². The highest BCUT2D eigenvalue weighted by atomic mass is 28.3. The van der Waals surface area contributed by atoms with E-state index in [1.165, 1.54) is 12.5 Å².